The highest BCUT2D eigenvalue weighted by molar-refractivity contribution is 5.93. The number of nitrogens with one attached hydrogen (secondary N) is 2. The molecule has 0 spiro atoms. The lowest BCUT2D eigenvalue weighted by atomic mass is 10.0. The number of rotatable bonds is 5. The minimum atomic E-state index is 0.896. The van der Waals surface area contributed by atoms with Gasteiger partial charge in [-0.25, -0.2) is 4.98 Å². The molecule has 1 aliphatic heterocycles. The van der Waals surface area contributed by atoms with Crippen molar-refractivity contribution < 1.29 is 0 Å². The van der Waals surface area contributed by atoms with Crippen molar-refractivity contribution >= 4 is 22.4 Å². The van der Waals surface area contributed by atoms with Crippen molar-refractivity contribution in [1.82, 2.24) is 10.3 Å². The molecule has 0 radical (unpaired) electrons. The van der Waals surface area contributed by atoms with Gasteiger partial charge in [0.25, 0.3) is 0 Å². The first-order valence-electron chi connectivity index (χ1n) is 9.45. The molecule has 0 saturated heterocycles. The fourth-order valence-corrected chi connectivity index (χ4v) is 3.69. The highest BCUT2D eigenvalue weighted by atomic mass is 15.2. The van der Waals surface area contributed by atoms with Crippen molar-refractivity contribution in [3.8, 4) is 0 Å². The van der Waals surface area contributed by atoms with Gasteiger partial charge in [-0.15, -0.1) is 0 Å². The van der Waals surface area contributed by atoms with E-state index in [1.165, 1.54) is 22.2 Å². The van der Waals surface area contributed by atoms with E-state index in [0.29, 0.717) is 0 Å². The molecule has 1 aromatic heterocycles. The summed E-state index contributed by atoms with van der Waals surface area (Å²) in [4.78, 5) is 7.39. The van der Waals surface area contributed by atoms with Crippen LogP contribution in [0.2, 0.25) is 0 Å². The van der Waals surface area contributed by atoms with Crippen LogP contribution in [0.15, 0.2) is 54.6 Å². The third kappa shape index (κ3) is 3.51. The van der Waals surface area contributed by atoms with Crippen LogP contribution in [0.5, 0.6) is 0 Å². The molecule has 4 rings (SSSR count). The lowest BCUT2D eigenvalue weighted by molar-refractivity contribution is 0.756. The van der Waals surface area contributed by atoms with Crippen LogP contribution in [0.3, 0.4) is 0 Å². The van der Waals surface area contributed by atoms with E-state index in [-0.39, 0.29) is 0 Å². The molecular formula is C22H26N4. The molecule has 4 heteroatoms. The topological polar surface area (TPSA) is 40.2 Å². The summed E-state index contributed by atoms with van der Waals surface area (Å²) in [5, 5.41) is 7.95. The standard InChI is InChI=1S/C22H26N4/c1-23-12-13-24-21-15-22(25-20-11-5-4-10-19(20)21)26-14-6-9-17-7-2-3-8-18(17)16-26/h2-5,7-8,10-11,15,23H,6,9,12-14,16H2,1H3,(H,24,25). The average Bonchev–Trinajstić information content (AvgIpc) is 2.90. The lowest BCUT2D eigenvalue weighted by Gasteiger charge is -2.24. The van der Waals surface area contributed by atoms with Crippen molar-refractivity contribution in [2.45, 2.75) is 19.4 Å². The first-order chi connectivity index (χ1) is 12.8. The molecule has 0 amide bonds. The first kappa shape index (κ1) is 16.9. The Kier molecular flexibility index (Phi) is 5.02. The second kappa shape index (κ2) is 7.75. The lowest BCUT2D eigenvalue weighted by Crippen LogP contribution is -2.24. The van der Waals surface area contributed by atoms with Crippen LogP contribution >= 0.6 is 0 Å². The summed E-state index contributed by atoms with van der Waals surface area (Å²) in [7, 11) is 1.98. The molecule has 4 nitrogen and oxygen atoms in total. The Morgan fingerprint density at radius 3 is 2.69 bits per heavy atom. The van der Waals surface area contributed by atoms with Crippen molar-refractivity contribution in [2.24, 2.45) is 0 Å². The largest absolute Gasteiger partial charge is 0.383 e. The minimum Gasteiger partial charge on any atom is -0.383 e. The molecule has 134 valence electrons. The molecule has 0 aliphatic carbocycles. The van der Waals surface area contributed by atoms with Gasteiger partial charge in [-0.1, -0.05) is 42.5 Å². The van der Waals surface area contributed by atoms with Crippen LogP contribution in [-0.2, 0) is 13.0 Å². The van der Waals surface area contributed by atoms with E-state index in [4.69, 9.17) is 4.98 Å². The zero-order chi connectivity index (χ0) is 17.8. The number of hydrogen-bond donors (Lipinski definition) is 2. The van der Waals surface area contributed by atoms with Crippen LogP contribution in [0, 0.1) is 0 Å². The van der Waals surface area contributed by atoms with E-state index in [0.717, 1.165) is 50.4 Å². The van der Waals surface area contributed by atoms with Gasteiger partial charge < -0.3 is 15.5 Å². The van der Waals surface area contributed by atoms with E-state index in [9.17, 15) is 0 Å². The third-order valence-electron chi connectivity index (χ3n) is 5.07. The summed E-state index contributed by atoms with van der Waals surface area (Å²) in [6, 6.07) is 19.4. The van der Waals surface area contributed by atoms with Crippen molar-refractivity contribution in [2.75, 3.05) is 36.9 Å². The molecule has 26 heavy (non-hydrogen) atoms. The van der Waals surface area contributed by atoms with Crippen LogP contribution in [0.1, 0.15) is 17.5 Å². The smallest absolute Gasteiger partial charge is 0.131 e. The van der Waals surface area contributed by atoms with Crippen LogP contribution in [-0.4, -0.2) is 31.7 Å². The van der Waals surface area contributed by atoms with E-state index >= 15 is 0 Å². The van der Waals surface area contributed by atoms with Crippen LogP contribution in [0.25, 0.3) is 10.9 Å². The van der Waals surface area contributed by atoms with Gasteiger partial charge in [0.05, 0.1) is 5.52 Å². The quantitative estimate of drug-likeness (QED) is 0.689. The second-order valence-electron chi connectivity index (χ2n) is 6.87. The van der Waals surface area contributed by atoms with Gasteiger partial charge in [0.15, 0.2) is 0 Å². The van der Waals surface area contributed by atoms with Gasteiger partial charge in [-0.05, 0) is 37.1 Å². The number of hydrogen-bond acceptors (Lipinski definition) is 4. The van der Waals surface area contributed by atoms with E-state index in [1.807, 2.05) is 7.05 Å². The number of pyridine rings is 1. The first-order valence-corrected chi connectivity index (χ1v) is 9.45. The van der Waals surface area contributed by atoms with Gasteiger partial charge >= 0.3 is 0 Å². The molecule has 0 saturated carbocycles. The van der Waals surface area contributed by atoms with Crippen molar-refractivity contribution in [1.29, 1.82) is 0 Å². The number of para-hydroxylation sites is 1. The Bertz CT molecular complexity index is 890. The zero-order valence-electron chi connectivity index (χ0n) is 15.3. The highest BCUT2D eigenvalue weighted by Gasteiger charge is 2.17. The Morgan fingerprint density at radius 1 is 1.00 bits per heavy atom. The van der Waals surface area contributed by atoms with Gasteiger partial charge in [0.1, 0.15) is 5.82 Å². The molecule has 1 aliphatic rings. The highest BCUT2D eigenvalue weighted by Crippen LogP contribution is 2.29. The molecule has 3 aromatic rings. The molecular weight excluding hydrogens is 320 g/mol. The molecule has 0 fully saturated rings. The minimum absolute atomic E-state index is 0.896. The summed E-state index contributed by atoms with van der Waals surface area (Å²) >= 11 is 0. The average molecular weight is 346 g/mol. The summed E-state index contributed by atoms with van der Waals surface area (Å²) in [6.45, 7) is 3.79. The number of likely N-dealkylation sites (N-methyl/N-ethyl adjacent to an activating group) is 1. The number of aryl methyl sites for hydroxylation is 1. The molecule has 0 atom stereocenters. The predicted octanol–water partition coefficient (Wildman–Crippen LogP) is 3.82. The number of benzene rings is 2. The molecule has 2 N–H and O–H groups in total. The van der Waals surface area contributed by atoms with Gasteiger partial charge in [-0.3, -0.25) is 0 Å². The zero-order valence-corrected chi connectivity index (χ0v) is 15.3. The monoisotopic (exact) mass is 346 g/mol. The van der Waals surface area contributed by atoms with Crippen LogP contribution < -0.4 is 15.5 Å². The SMILES string of the molecule is CNCCNc1cc(N2CCCc3ccccc3C2)nc2ccccc12. The number of fused-ring (bicyclic) bond motifs is 2. The summed E-state index contributed by atoms with van der Waals surface area (Å²) in [5.41, 5.74) is 5.11. The third-order valence-corrected chi connectivity index (χ3v) is 5.07. The molecule has 2 aromatic carbocycles. The van der Waals surface area contributed by atoms with Crippen LogP contribution in [0.4, 0.5) is 11.5 Å². The number of nitrogens with zero attached hydrogens (tertiary/aromatic N) is 2. The molecule has 0 bridgehead atoms. The maximum Gasteiger partial charge on any atom is 0.131 e. The molecule has 0 unspecified atom stereocenters. The Balaban J connectivity index is 1.69. The fraction of sp³-hybridized carbons (Fsp3) is 0.318. The fourth-order valence-electron chi connectivity index (χ4n) is 3.69. The second-order valence-corrected chi connectivity index (χ2v) is 6.87. The van der Waals surface area contributed by atoms with E-state index in [1.54, 1.807) is 0 Å². The van der Waals surface area contributed by atoms with Gasteiger partial charge in [0.2, 0.25) is 0 Å². The van der Waals surface area contributed by atoms with Gasteiger partial charge in [0, 0.05) is 43.3 Å². The predicted molar refractivity (Wildman–Crippen MR) is 110 cm³/mol. The summed E-state index contributed by atoms with van der Waals surface area (Å²) in [6.07, 6.45) is 2.31. The number of aromatic nitrogens is 1. The van der Waals surface area contributed by atoms with Crippen molar-refractivity contribution in [3.05, 3.63) is 65.7 Å². The Labute approximate surface area is 155 Å². The normalized spacial score (nSPS) is 14.1. The maximum atomic E-state index is 4.97. The summed E-state index contributed by atoms with van der Waals surface area (Å²) < 4.78 is 0. The van der Waals surface area contributed by atoms with Gasteiger partial charge in [-0.2, -0.15) is 0 Å². The molecule has 2 heterocycles. The van der Waals surface area contributed by atoms with E-state index in [2.05, 4.69) is 70.1 Å². The number of anilines is 2. The summed E-state index contributed by atoms with van der Waals surface area (Å²) in [5.74, 6) is 1.06. The Morgan fingerprint density at radius 2 is 1.81 bits per heavy atom. The maximum absolute atomic E-state index is 4.97. The van der Waals surface area contributed by atoms with E-state index < -0.39 is 0 Å². The van der Waals surface area contributed by atoms with Crippen molar-refractivity contribution in [3.63, 3.8) is 0 Å². The Hall–Kier alpha value is -2.59.